The lowest BCUT2D eigenvalue weighted by Crippen LogP contribution is -2.45. The topological polar surface area (TPSA) is 105 Å². The van der Waals surface area contributed by atoms with Crippen LogP contribution < -0.4 is 15.4 Å². The Hall–Kier alpha value is -2.22. The molecule has 0 aliphatic rings. The molecule has 1 rings (SSSR count). The molecule has 23 heavy (non-hydrogen) atoms. The van der Waals surface area contributed by atoms with E-state index in [4.69, 9.17) is 9.84 Å². The van der Waals surface area contributed by atoms with Crippen molar-refractivity contribution in [3.8, 4) is 5.75 Å². The summed E-state index contributed by atoms with van der Waals surface area (Å²) in [6.45, 7) is -0.284. The Kier molecular flexibility index (Phi) is 7.96. The lowest BCUT2D eigenvalue weighted by atomic mass is 10.2. The molecule has 0 heterocycles. The molecule has 0 spiro atoms. The zero-order valence-corrected chi connectivity index (χ0v) is 13.8. The smallest absolute Gasteiger partial charge is 0.326 e. The SMILES string of the molecule is COc1ccc(C(=O)NCC(=O)NC(CCSC)C(=O)O)cc1. The van der Waals surface area contributed by atoms with E-state index in [1.165, 1.54) is 18.9 Å². The molecule has 1 aromatic carbocycles. The molecular weight excluding hydrogens is 320 g/mol. The first-order valence-corrected chi connectivity index (χ1v) is 8.30. The number of thioether (sulfide) groups is 1. The third-order valence-electron chi connectivity index (χ3n) is 3.01. The summed E-state index contributed by atoms with van der Waals surface area (Å²) >= 11 is 1.50. The minimum Gasteiger partial charge on any atom is -0.497 e. The zero-order chi connectivity index (χ0) is 17.2. The highest BCUT2D eigenvalue weighted by molar-refractivity contribution is 7.98. The maximum Gasteiger partial charge on any atom is 0.326 e. The molecule has 0 aromatic heterocycles. The van der Waals surface area contributed by atoms with E-state index in [1.54, 1.807) is 24.3 Å². The van der Waals surface area contributed by atoms with Crippen molar-refractivity contribution in [2.24, 2.45) is 0 Å². The highest BCUT2D eigenvalue weighted by Gasteiger charge is 2.19. The molecule has 0 aliphatic carbocycles. The van der Waals surface area contributed by atoms with Crippen molar-refractivity contribution in [2.75, 3.05) is 25.7 Å². The number of carbonyl (C=O) groups excluding carboxylic acids is 2. The van der Waals surface area contributed by atoms with Crippen LogP contribution in [-0.2, 0) is 9.59 Å². The van der Waals surface area contributed by atoms with E-state index in [9.17, 15) is 14.4 Å². The largest absolute Gasteiger partial charge is 0.497 e. The van der Waals surface area contributed by atoms with Crippen molar-refractivity contribution in [3.05, 3.63) is 29.8 Å². The molecular formula is C15H20N2O5S. The van der Waals surface area contributed by atoms with Crippen LogP contribution in [0.3, 0.4) is 0 Å². The Bertz CT molecular complexity index is 547. The Balaban J connectivity index is 2.47. The molecule has 1 atom stereocenters. The van der Waals surface area contributed by atoms with E-state index in [2.05, 4.69) is 10.6 Å². The van der Waals surface area contributed by atoms with Crippen LogP contribution in [0.25, 0.3) is 0 Å². The summed E-state index contributed by atoms with van der Waals surface area (Å²) < 4.78 is 4.99. The molecule has 1 aromatic rings. The average Bonchev–Trinajstić information content (AvgIpc) is 2.56. The molecule has 8 heteroatoms. The summed E-state index contributed by atoms with van der Waals surface area (Å²) in [5.41, 5.74) is 0.385. The molecule has 0 saturated carbocycles. The Morgan fingerprint density at radius 1 is 1.26 bits per heavy atom. The Labute approximate surface area is 138 Å². The third kappa shape index (κ3) is 6.60. The zero-order valence-electron chi connectivity index (χ0n) is 13.0. The summed E-state index contributed by atoms with van der Waals surface area (Å²) in [7, 11) is 1.52. The van der Waals surface area contributed by atoms with Gasteiger partial charge < -0.3 is 20.5 Å². The van der Waals surface area contributed by atoms with E-state index >= 15 is 0 Å². The third-order valence-corrected chi connectivity index (χ3v) is 3.65. The quantitative estimate of drug-likeness (QED) is 0.613. The summed E-state index contributed by atoms with van der Waals surface area (Å²) in [5, 5.41) is 13.9. The number of ether oxygens (including phenoxy) is 1. The second-order valence-electron chi connectivity index (χ2n) is 4.65. The van der Waals surface area contributed by atoms with Gasteiger partial charge in [0.2, 0.25) is 5.91 Å². The maximum absolute atomic E-state index is 11.9. The number of carboxylic acids is 1. The van der Waals surface area contributed by atoms with E-state index < -0.39 is 23.8 Å². The molecule has 126 valence electrons. The lowest BCUT2D eigenvalue weighted by Gasteiger charge is -2.14. The van der Waals surface area contributed by atoms with Crippen molar-refractivity contribution < 1.29 is 24.2 Å². The number of hydrogen-bond acceptors (Lipinski definition) is 5. The minimum atomic E-state index is -1.09. The van der Waals surface area contributed by atoms with Crippen LogP contribution >= 0.6 is 11.8 Å². The highest BCUT2D eigenvalue weighted by Crippen LogP contribution is 2.10. The number of carboxylic acid groups (broad SMARTS) is 1. The van der Waals surface area contributed by atoms with E-state index in [-0.39, 0.29) is 6.54 Å². The van der Waals surface area contributed by atoms with Gasteiger partial charge in [0, 0.05) is 5.56 Å². The van der Waals surface area contributed by atoms with E-state index in [1.807, 2.05) is 6.26 Å². The van der Waals surface area contributed by atoms with Crippen molar-refractivity contribution in [2.45, 2.75) is 12.5 Å². The molecule has 1 unspecified atom stereocenters. The number of methoxy groups -OCH3 is 1. The molecule has 7 nitrogen and oxygen atoms in total. The van der Waals surface area contributed by atoms with Crippen LogP contribution in [0, 0.1) is 0 Å². The lowest BCUT2D eigenvalue weighted by molar-refractivity contribution is -0.141. The number of rotatable bonds is 9. The molecule has 2 amide bonds. The number of amides is 2. The van der Waals surface area contributed by atoms with Crippen LogP contribution in [0.5, 0.6) is 5.75 Å². The normalized spacial score (nSPS) is 11.4. The van der Waals surface area contributed by atoms with Crippen LogP contribution in [0.2, 0.25) is 0 Å². The number of nitrogens with one attached hydrogen (secondary N) is 2. The van der Waals surface area contributed by atoms with Crippen LogP contribution in [0.1, 0.15) is 16.8 Å². The van der Waals surface area contributed by atoms with Crippen LogP contribution in [0.15, 0.2) is 24.3 Å². The molecule has 0 saturated heterocycles. The second-order valence-corrected chi connectivity index (χ2v) is 5.64. The fraction of sp³-hybridized carbons (Fsp3) is 0.400. The summed E-state index contributed by atoms with van der Waals surface area (Å²) in [6, 6.07) is 5.47. The van der Waals surface area contributed by atoms with Crippen molar-refractivity contribution >= 4 is 29.5 Å². The van der Waals surface area contributed by atoms with Gasteiger partial charge in [-0.1, -0.05) is 0 Å². The first-order chi connectivity index (χ1) is 11.0. The van der Waals surface area contributed by atoms with Gasteiger partial charge >= 0.3 is 5.97 Å². The monoisotopic (exact) mass is 340 g/mol. The van der Waals surface area contributed by atoms with Crippen molar-refractivity contribution in [1.29, 1.82) is 0 Å². The summed E-state index contributed by atoms with van der Waals surface area (Å²) in [5.74, 6) is -0.805. The molecule has 0 fully saturated rings. The van der Waals surface area contributed by atoms with Crippen LogP contribution in [0.4, 0.5) is 0 Å². The predicted octanol–water partition coefficient (Wildman–Crippen LogP) is 0.748. The van der Waals surface area contributed by atoms with Gasteiger partial charge in [0.1, 0.15) is 11.8 Å². The molecule has 0 aliphatic heterocycles. The maximum atomic E-state index is 11.9. The number of aliphatic carboxylic acids is 1. The number of benzene rings is 1. The summed E-state index contributed by atoms with van der Waals surface area (Å²) in [4.78, 5) is 34.7. The first kappa shape index (κ1) is 18.8. The van der Waals surface area contributed by atoms with E-state index in [0.29, 0.717) is 23.5 Å². The van der Waals surface area contributed by atoms with Gasteiger partial charge in [-0.25, -0.2) is 4.79 Å². The van der Waals surface area contributed by atoms with Gasteiger partial charge in [-0.15, -0.1) is 0 Å². The van der Waals surface area contributed by atoms with Gasteiger partial charge in [0.05, 0.1) is 13.7 Å². The second kappa shape index (κ2) is 9.73. The molecule has 0 radical (unpaired) electrons. The highest BCUT2D eigenvalue weighted by atomic mass is 32.2. The van der Waals surface area contributed by atoms with Gasteiger partial charge in [0.25, 0.3) is 5.91 Å². The van der Waals surface area contributed by atoms with Crippen molar-refractivity contribution in [3.63, 3.8) is 0 Å². The minimum absolute atomic E-state index is 0.284. The van der Waals surface area contributed by atoms with Gasteiger partial charge in [-0.05, 0) is 42.7 Å². The van der Waals surface area contributed by atoms with Crippen molar-refractivity contribution in [1.82, 2.24) is 10.6 Å². The number of carbonyl (C=O) groups is 3. The van der Waals surface area contributed by atoms with Crippen LogP contribution in [-0.4, -0.2) is 54.6 Å². The molecule has 0 bridgehead atoms. The van der Waals surface area contributed by atoms with Gasteiger partial charge in [-0.2, -0.15) is 11.8 Å². The molecule has 3 N–H and O–H groups in total. The standard InChI is InChI=1S/C15H20N2O5S/c1-22-11-5-3-10(4-6-11)14(19)16-9-13(18)17-12(15(20)21)7-8-23-2/h3-6,12H,7-9H2,1-2H3,(H,16,19)(H,17,18)(H,20,21). The van der Waals surface area contributed by atoms with Gasteiger partial charge in [0.15, 0.2) is 0 Å². The Morgan fingerprint density at radius 3 is 2.43 bits per heavy atom. The van der Waals surface area contributed by atoms with Gasteiger partial charge in [-0.3, -0.25) is 9.59 Å². The van der Waals surface area contributed by atoms with E-state index in [0.717, 1.165) is 0 Å². The number of hydrogen-bond donors (Lipinski definition) is 3. The average molecular weight is 340 g/mol. The Morgan fingerprint density at radius 2 is 1.91 bits per heavy atom. The summed E-state index contributed by atoms with van der Waals surface area (Å²) in [6.07, 6.45) is 2.18. The fourth-order valence-corrected chi connectivity index (χ4v) is 2.21. The predicted molar refractivity (Wildman–Crippen MR) is 87.9 cm³/mol. The first-order valence-electron chi connectivity index (χ1n) is 6.91. The fourth-order valence-electron chi connectivity index (χ4n) is 1.74.